The summed E-state index contributed by atoms with van der Waals surface area (Å²) in [5.41, 5.74) is 5.60. The number of sulfonamides is 1. The fraction of sp³-hybridized carbons (Fsp3) is 0.538. The normalized spacial score (nSPS) is 13.8. The number of nitrogens with zero attached hydrogens (tertiary/aromatic N) is 1. The summed E-state index contributed by atoms with van der Waals surface area (Å²) in [6, 6.07) is 1.70. The molecule has 0 bridgehead atoms. The van der Waals surface area contributed by atoms with Crippen molar-refractivity contribution in [2.45, 2.75) is 44.2 Å². The fourth-order valence-corrected chi connectivity index (χ4v) is 3.43. The van der Waals surface area contributed by atoms with Crippen LogP contribution in [0.15, 0.2) is 17.0 Å². The molecular weight excluding hydrogens is 286 g/mol. The van der Waals surface area contributed by atoms with Crippen molar-refractivity contribution in [3.63, 3.8) is 0 Å². The van der Waals surface area contributed by atoms with Gasteiger partial charge in [0, 0.05) is 19.6 Å². The molecule has 4 nitrogen and oxygen atoms in total. The molecule has 0 amide bonds. The molecule has 7 heteroatoms. The quantitative estimate of drug-likeness (QED) is 0.876. The first-order chi connectivity index (χ1) is 9.25. The maximum Gasteiger partial charge on any atom is 0.246 e. The molecule has 1 aromatic rings. The molecule has 0 aromatic heterocycles. The first-order valence-electron chi connectivity index (χ1n) is 6.41. The minimum Gasteiger partial charge on any atom is -0.326 e. The van der Waals surface area contributed by atoms with E-state index in [4.69, 9.17) is 5.73 Å². The maximum absolute atomic E-state index is 13.8. The van der Waals surface area contributed by atoms with Crippen molar-refractivity contribution in [3.05, 3.63) is 29.3 Å². The van der Waals surface area contributed by atoms with Crippen molar-refractivity contribution in [3.8, 4) is 0 Å². The second-order valence-corrected chi connectivity index (χ2v) is 6.72. The van der Waals surface area contributed by atoms with Crippen LogP contribution in [0.1, 0.15) is 32.3 Å². The fourth-order valence-electron chi connectivity index (χ4n) is 1.91. The number of halogens is 2. The van der Waals surface area contributed by atoms with E-state index in [1.54, 1.807) is 6.92 Å². The van der Waals surface area contributed by atoms with Crippen molar-refractivity contribution in [1.82, 2.24) is 4.31 Å². The van der Waals surface area contributed by atoms with Crippen LogP contribution in [-0.4, -0.2) is 25.8 Å². The number of benzene rings is 1. The molecule has 1 unspecified atom stereocenters. The number of nitrogens with two attached hydrogens (primary N) is 1. The summed E-state index contributed by atoms with van der Waals surface area (Å²) in [7, 11) is -2.72. The Morgan fingerprint density at radius 3 is 2.45 bits per heavy atom. The van der Waals surface area contributed by atoms with E-state index in [0.29, 0.717) is 6.42 Å². The zero-order valence-corrected chi connectivity index (χ0v) is 12.7. The molecule has 20 heavy (non-hydrogen) atoms. The van der Waals surface area contributed by atoms with E-state index in [1.807, 2.05) is 6.92 Å². The Morgan fingerprint density at radius 1 is 1.35 bits per heavy atom. The van der Waals surface area contributed by atoms with E-state index in [0.717, 1.165) is 22.9 Å². The van der Waals surface area contributed by atoms with Gasteiger partial charge in [-0.05, 0) is 31.0 Å². The van der Waals surface area contributed by atoms with E-state index in [2.05, 4.69) is 0 Å². The molecule has 0 spiro atoms. The highest BCUT2D eigenvalue weighted by atomic mass is 32.2. The third-order valence-corrected chi connectivity index (χ3v) is 5.25. The van der Waals surface area contributed by atoms with E-state index >= 15 is 0 Å². The van der Waals surface area contributed by atoms with Crippen LogP contribution >= 0.6 is 0 Å². The van der Waals surface area contributed by atoms with Crippen LogP contribution in [0.4, 0.5) is 8.78 Å². The van der Waals surface area contributed by atoms with Gasteiger partial charge in [-0.3, -0.25) is 0 Å². The van der Waals surface area contributed by atoms with Gasteiger partial charge in [-0.2, -0.15) is 4.31 Å². The number of rotatable bonds is 6. The molecule has 1 aromatic carbocycles. The summed E-state index contributed by atoms with van der Waals surface area (Å²) >= 11 is 0. The SMILES string of the molecule is CCCC(C)N(C)S(=O)(=O)c1cc(CN)cc(F)c1F. The lowest BCUT2D eigenvalue weighted by atomic mass is 10.2. The van der Waals surface area contributed by atoms with E-state index in [-0.39, 0.29) is 18.2 Å². The Bertz CT molecular complexity index is 576. The molecule has 0 aliphatic heterocycles. The highest BCUT2D eigenvalue weighted by molar-refractivity contribution is 7.89. The van der Waals surface area contributed by atoms with Gasteiger partial charge in [0.25, 0.3) is 0 Å². The Kier molecular flexibility index (Phi) is 5.61. The van der Waals surface area contributed by atoms with Gasteiger partial charge in [0.15, 0.2) is 11.6 Å². The lowest BCUT2D eigenvalue weighted by Gasteiger charge is -2.24. The summed E-state index contributed by atoms with van der Waals surface area (Å²) in [6.07, 6.45) is 1.43. The van der Waals surface area contributed by atoms with Crippen LogP contribution in [0, 0.1) is 11.6 Å². The van der Waals surface area contributed by atoms with Gasteiger partial charge < -0.3 is 5.73 Å². The molecular formula is C13H20F2N2O2S. The maximum atomic E-state index is 13.8. The molecule has 0 radical (unpaired) electrons. The van der Waals surface area contributed by atoms with Crippen LogP contribution in [0.3, 0.4) is 0 Å². The second kappa shape index (κ2) is 6.60. The molecule has 0 aliphatic carbocycles. The molecule has 0 fully saturated rings. The predicted octanol–water partition coefficient (Wildman–Crippen LogP) is 2.23. The molecule has 0 saturated carbocycles. The third-order valence-electron chi connectivity index (χ3n) is 3.27. The summed E-state index contributed by atoms with van der Waals surface area (Å²) in [4.78, 5) is -0.664. The van der Waals surface area contributed by atoms with Crippen molar-refractivity contribution in [1.29, 1.82) is 0 Å². The Hall–Kier alpha value is -1.05. The lowest BCUT2D eigenvalue weighted by molar-refractivity contribution is 0.365. The Balaban J connectivity index is 3.31. The average Bonchev–Trinajstić information content (AvgIpc) is 2.40. The molecule has 1 atom stereocenters. The van der Waals surface area contributed by atoms with Gasteiger partial charge in [0.2, 0.25) is 10.0 Å². The van der Waals surface area contributed by atoms with Gasteiger partial charge in [-0.25, -0.2) is 17.2 Å². The zero-order valence-electron chi connectivity index (χ0n) is 11.9. The van der Waals surface area contributed by atoms with Crippen LogP contribution in [0.5, 0.6) is 0 Å². The first kappa shape index (κ1) is 17.0. The topological polar surface area (TPSA) is 63.4 Å². The summed E-state index contributed by atoms with van der Waals surface area (Å²) < 4.78 is 53.1. The van der Waals surface area contributed by atoms with Crippen LogP contribution in [0.25, 0.3) is 0 Å². The first-order valence-corrected chi connectivity index (χ1v) is 7.85. The number of hydrogen-bond donors (Lipinski definition) is 1. The molecule has 2 N–H and O–H groups in total. The van der Waals surface area contributed by atoms with Gasteiger partial charge in [-0.1, -0.05) is 13.3 Å². The molecule has 1 rings (SSSR count). The molecule has 0 saturated heterocycles. The van der Waals surface area contributed by atoms with Crippen molar-refractivity contribution >= 4 is 10.0 Å². The van der Waals surface area contributed by atoms with Crippen molar-refractivity contribution < 1.29 is 17.2 Å². The summed E-state index contributed by atoms with van der Waals surface area (Å²) in [5.74, 6) is -2.57. The van der Waals surface area contributed by atoms with Gasteiger partial charge in [0.1, 0.15) is 4.90 Å². The van der Waals surface area contributed by atoms with E-state index in [9.17, 15) is 17.2 Å². The van der Waals surface area contributed by atoms with Crippen molar-refractivity contribution in [2.24, 2.45) is 5.73 Å². The van der Waals surface area contributed by atoms with E-state index in [1.165, 1.54) is 7.05 Å². The Labute approximate surface area is 118 Å². The minimum absolute atomic E-state index is 0.0616. The van der Waals surface area contributed by atoms with E-state index < -0.39 is 26.6 Å². The Morgan fingerprint density at radius 2 is 1.95 bits per heavy atom. The zero-order chi connectivity index (χ0) is 15.5. The van der Waals surface area contributed by atoms with Crippen molar-refractivity contribution in [2.75, 3.05) is 7.05 Å². The van der Waals surface area contributed by atoms with Gasteiger partial charge in [-0.15, -0.1) is 0 Å². The predicted molar refractivity (Wildman–Crippen MR) is 73.6 cm³/mol. The standard InChI is InChI=1S/C13H20F2N2O2S/c1-4-5-9(2)17(3)20(18,19)12-7-10(8-16)6-11(14)13(12)15/h6-7,9H,4-5,8,16H2,1-3H3. The third kappa shape index (κ3) is 3.34. The number of hydrogen-bond acceptors (Lipinski definition) is 3. The highest BCUT2D eigenvalue weighted by Gasteiger charge is 2.29. The average molecular weight is 306 g/mol. The van der Waals surface area contributed by atoms with Gasteiger partial charge >= 0.3 is 0 Å². The second-order valence-electron chi connectivity index (χ2n) is 4.75. The smallest absolute Gasteiger partial charge is 0.246 e. The van der Waals surface area contributed by atoms with Crippen LogP contribution < -0.4 is 5.73 Å². The van der Waals surface area contributed by atoms with Crippen LogP contribution in [-0.2, 0) is 16.6 Å². The minimum atomic E-state index is -4.08. The van der Waals surface area contributed by atoms with Gasteiger partial charge in [0.05, 0.1) is 0 Å². The lowest BCUT2D eigenvalue weighted by Crippen LogP contribution is -2.35. The molecule has 0 aliphatic rings. The summed E-state index contributed by atoms with van der Waals surface area (Å²) in [6.45, 7) is 3.59. The monoisotopic (exact) mass is 306 g/mol. The molecule has 0 heterocycles. The van der Waals surface area contributed by atoms with Crippen LogP contribution in [0.2, 0.25) is 0 Å². The summed E-state index contributed by atoms with van der Waals surface area (Å²) in [5, 5.41) is 0. The largest absolute Gasteiger partial charge is 0.326 e. The molecule has 114 valence electrons. The highest BCUT2D eigenvalue weighted by Crippen LogP contribution is 2.24.